The fourth-order valence-corrected chi connectivity index (χ4v) is 14.1. The van der Waals surface area contributed by atoms with E-state index in [1.165, 1.54) is 177 Å². The molecule has 0 aromatic heterocycles. The van der Waals surface area contributed by atoms with E-state index in [4.69, 9.17) is 0 Å². The minimum Gasteiger partial charge on any atom is -1.00 e. The predicted molar refractivity (Wildman–Crippen MR) is 430 cm³/mol. The molecule has 0 heterocycles. The number of benzene rings is 8. The summed E-state index contributed by atoms with van der Waals surface area (Å²) in [6.45, 7) is 62.8. The summed E-state index contributed by atoms with van der Waals surface area (Å²) in [6, 6.07) is 66.6. The largest absolute Gasteiger partial charge is 1.00 e. The van der Waals surface area contributed by atoms with Gasteiger partial charge >= 0.3 is 301 Å². The summed E-state index contributed by atoms with van der Waals surface area (Å²) in [7, 11) is 0. The van der Waals surface area contributed by atoms with Gasteiger partial charge in [-0.2, -0.15) is 59.7 Å². The second-order valence-corrected chi connectivity index (χ2v) is 39.2. The molecule has 0 N–H and O–H groups in total. The van der Waals surface area contributed by atoms with Crippen LogP contribution in [0.2, 0.25) is 0 Å². The molecule has 8 aromatic rings. The van der Waals surface area contributed by atoms with Gasteiger partial charge in [-0.15, -0.1) is 36.1 Å². The van der Waals surface area contributed by atoms with Crippen molar-refractivity contribution in [2.45, 2.75) is 250 Å². The minimum absolute atomic E-state index is 0. The molecule has 536 valence electrons. The smallest absolute Gasteiger partial charge is 0.0733 e. The third-order valence-electron chi connectivity index (χ3n) is 19.3. The average molecular weight is 1550 g/mol. The van der Waals surface area contributed by atoms with Crippen molar-refractivity contribution in [3.8, 4) is 22.3 Å². The zero-order valence-corrected chi connectivity index (χ0v) is 74.1. The molecule has 2 unspecified atom stereocenters. The van der Waals surface area contributed by atoms with Gasteiger partial charge in [-0.3, -0.25) is 12.2 Å². The fourth-order valence-electron chi connectivity index (χ4n) is 12.4. The van der Waals surface area contributed by atoms with Crippen molar-refractivity contribution < 1.29 is 73.3 Å². The number of halogens is 2. The molecule has 4 heteroatoms. The summed E-state index contributed by atoms with van der Waals surface area (Å²) in [5.74, 6) is 1.11. The van der Waals surface area contributed by atoms with Crippen LogP contribution in [0.25, 0.3) is 22.3 Å². The van der Waals surface area contributed by atoms with Crippen LogP contribution < -0.4 is 24.8 Å². The Kier molecular flexibility index (Phi) is 30.0. The Hall–Kier alpha value is -5.19. The average Bonchev–Trinajstić information content (AvgIpc) is 1.61. The minimum atomic E-state index is 0. The molecule has 4 aliphatic rings. The van der Waals surface area contributed by atoms with Crippen molar-refractivity contribution in [2.24, 2.45) is 11.8 Å². The van der Waals surface area contributed by atoms with Crippen LogP contribution in [-0.4, -0.2) is 6.41 Å². The first-order valence-electron chi connectivity index (χ1n) is 36.6. The second-order valence-electron chi connectivity index (χ2n) is 36.7. The number of hydrogen-bond donors (Lipinski definition) is 0. The van der Waals surface area contributed by atoms with E-state index in [-0.39, 0.29) is 68.1 Å². The Morgan fingerprint density at radius 1 is 0.304 bits per heavy atom. The summed E-state index contributed by atoms with van der Waals surface area (Å²) < 4.78 is 2.85. The molecule has 12 rings (SSSR count). The maximum absolute atomic E-state index is 3.67. The van der Waals surface area contributed by atoms with Crippen LogP contribution in [0, 0.1) is 36.1 Å². The van der Waals surface area contributed by atoms with Gasteiger partial charge in [-0.25, -0.2) is 23.3 Å². The van der Waals surface area contributed by atoms with Crippen LogP contribution in [-0.2, 0) is 105 Å². The van der Waals surface area contributed by atoms with Crippen molar-refractivity contribution in [2.75, 3.05) is 0 Å². The summed E-state index contributed by atoms with van der Waals surface area (Å²) in [5.41, 5.74) is 31.9. The van der Waals surface area contributed by atoms with Crippen LogP contribution in [0.3, 0.4) is 0 Å². The molecule has 8 aromatic carbocycles. The van der Waals surface area contributed by atoms with Gasteiger partial charge < -0.3 is 24.8 Å². The van der Waals surface area contributed by atoms with Gasteiger partial charge in [0.05, 0.1) is 0 Å². The first kappa shape index (κ1) is 87.4. The van der Waals surface area contributed by atoms with Gasteiger partial charge in [0.2, 0.25) is 0 Å². The molecular weight excluding hydrogens is 1430 g/mol. The van der Waals surface area contributed by atoms with Crippen LogP contribution in [0.5, 0.6) is 0 Å². The molecule has 0 saturated heterocycles. The Balaban J connectivity index is 0.000000228. The van der Waals surface area contributed by atoms with Gasteiger partial charge in [0.1, 0.15) is 0 Å². The fraction of sp³-hybridized carbons (Fsp3) is 0.408. The van der Waals surface area contributed by atoms with Crippen LogP contribution in [0.1, 0.15) is 283 Å². The van der Waals surface area contributed by atoms with Gasteiger partial charge in [0, 0.05) is 0 Å². The molecule has 0 nitrogen and oxygen atoms in total. The maximum atomic E-state index is 3.67. The van der Waals surface area contributed by atoms with E-state index < -0.39 is 0 Å². The monoisotopic (exact) mass is 1550 g/mol. The van der Waals surface area contributed by atoms with Crippen LogP contribution in [0.4, 0.5) is 0 Å². The van der Waals surface area contributed by atoms with E-state index in [9.17, 15) is 0 Å². The molecule has 0 saturated carbocycles. The van der Waals surface area contributed by atoms with Crippen molar-refractivity contribution in [3.63, 3.8) is 0 Å². The zero-order chi connectivity index (χ0) is 74.5. The third-order valence-corrected chi connectivity index (χ3v) is 22.1. The molecule has 0 spiro atoms. The molecule has 0 radical (unpaired) electrons. The van der Waals surface area contributed by atoms with E-state index in [0.29, 0.717) is 11.8 Å². The maximum Gasteiger partial charge on any atom is -0.0733 e. The van der Waals surface area contributed by atoms with Crippen LogP contribution in [0.15, 0.2) is 193 Å². The van der Waals surface area contributed by atoms with Crippen molar-refractivity contribution in [1.82, 2.24) is 0 Å². The number of hydrogen-bond acceptors (Lipinski definition) is 0. The molecule has 102 heavy (non-hydrogen) atoms. The Morgan fingerprint density at radius 2 is 0.529 bits per heavy atom. The van der Waals surface area contributed by atoms with Gasteiger partial charge in [-0.05, 0) is 56.8 Å². The molecule has 0 amide bonds. The zero-order valence-electron chi connectivity index (χ0n) is 67.6. The Morgan fingerprint density at radius 3 is 0.716 bits per heavy atom. The first-order chi connectivity index (χ1) is 46.1. The summed E-state index contributed by atoms with van der Waals surface area (Å²) in [5, 5.41) is 0. The van der Waals surface area contributed by atoms with Crippen LogP contribution >= 0.6 is 0 Å². The van der Waals surface area contributed by atoms with Gasteiger partial charge in [-0.1, -0.05) is 156 Å². The van der Waals surface area contributed by atoms with E-state index in [2.05, 4.69) is 388 Å². The Bertz CT molecular complexity index is 3750. The summed E-state index contributed by atoms with van der Waals surface area (Å²) in [6.07, 6.45) is 16.8. The summed E-state index contributed by atoms with van der Waals surface area (Å²) >= 11 is 2.92. The van der Waals surface area contributed by atoms with E-state index in [1.54, 1.807) is 0 Å². The molecule has 0 aliphatic heterocycles. The topological polar surface area (TPSA) is 0 Å². The quantitative estimate of drug-likeness (QED) is 0.154. The van der Waals surface area contributed by atoms with E-state index in [0.717, 1.165) is 12.8 Å². The van der Waals surface area contributed by atoms with Crippen molar-refractivity contribution in [1.29, 1.82) is 0 Å². The standard InChI is InChI=1S/2C21H25.2C21H26.2C7H9.2ClH.2Zr/c2*1-20(2,3)16-7-9-18-14(12-16)11-15-13-17(21(4,5)6)8-10-19(15)18;2*1-20(2,3)18-11-7-16(8-12-18)15-17-9-13-19(14-10-17)21(4,5)6;2*1-6-3-4-7(2)5-6;;;;/h2*7-10,12H,11H2,1-6H3;2*7-14H,1-6H3;2*3,5,7H,1-2H3;2*1H;;/q2*-1;;;2*-1;;;2*+2/p-2. The van der Waals surface area contributed by atoms with Crippen molar-refractivity contribution in [3.05, 3.63) is 306 Å². The number of rotatable bonds is 4. The molecule has 0 bridgehead atoms. The molecule has 2 atom stereocenters. The third kappa shape index (κ3) is 24.4. The van der Waals surface area contributed by atoms with Crippen molar-refractivity contribution >= 4 is 6.41 Å². The molecule has 4 aliphatic carbocycles. The Labute approximate surface area is 664 Å². The van der Waals surface area contributed by atoms with Gasteiger partial charge in [0.15, 0.2) is 0 Å². The predicted octanol–water partition coefficient (Wildman–Crippen LogP) is 20.0. The SMILES string of the molecule is CC(C)(C)c1[c-]c2c(cc1)-c1ccc(C(C)(C)C)cc1C2.CC(C)(C)c1[c-]c2c(cc1)-c1ccc(C(C)(C)C)cc1C2.CC(C)(C)c1ccc([C](=[Zr+2])c2ccc(C(C)(C)C)cc2)cc1.CC(C)(C)c1ccc([C](=[Zr+2])c2ccc(C(C)(C)C)cc2)cc1.CC1=CC(C)[C-]=C1.CC1=CC(C)[C-]=C1.[Cl-].[Cl-]. The molecule has 0 fully saturated rings. The van der Waals surface area contributed by atoms with Gasteiger partial charge in [0.25, 0.3) is 0 Å². The number of fused-ring (bicyclic) bond motifs is 6. The summed E-state index contributed by atoms with van der Waals surface area (Å²) in [4.78, 5) is 0. The van der Waals surface area contributed by atoms with E-state index >= 15 is 0 Å². The number of allylic oxidation sites excluding steroid dienone is 8. The second kappa shape index (κ2) is 35.0. The first-order valence-corrected chi connectivity index (χ1v) is 39.1. The normalized spacial score (nSPS) is 15.0. The van der Waals surface area contributed by atoms with E-state index in [1.807, 2.05) is 12.2 Å². The molecular formula is C98H120Cl2Zr2-2.